The fraction of sp³-hybridized carbons (Fsp3) is 0.350. The maximum atomic E-state index is 13.1. The third-order valence-electron chi connectivity index (χ3n) is 9.86. The summed E-state index contributed by atoms with van der Waals surface area (Å²) in [5.74, 6) is 0.103. The first kappa shape index (κ1) is 45.8. The van der Waals surface area contributed by atoms with Crippen LogP contribution in [0.25, 0.3) is 11.0 Å². The molecule has 0 spiro atoms. The first-order valence-electron chi connectivity index (χ1n) is 19.3. The minimum Gasteiger partial charge on any atom is -0.478 e. The predicted molar refractivity (Wildman–Crippen MR) is 219 cm³/mol. The van der Waals surface area contributed by atoms with Crippen LogP contribution in [-0.2, 0) is 12.4 Å². The number of nitrogen functional groups attached to an aromatic ring is 2. The molecule has 0 radical (unpaired) electrons. The minimum absolute atomic E-state index is 0.00617. The van der Waals surface area contributed by atoms with E-state index in [1.807, 2.05) is 0 Å². The van der Waals surface area contributed by atoms with E-state index in [0.29, 0.717) is 51.0 Å². The number of hydrogen-bond acceptors (Lipinski definition) is 13. The van der Waals surface area contributed by atoms with Gasteiger partial charge < -0.3 is 47.6 Å². The first-order valence-corrected chi connectivity index (χ1v) is 19.3. The molecule has 0 saturated carbocycles. The van der Waals surface area contributed by atoms with E-state index >= 15 is 0 Å². The molecule has 8 rings (SSSR count). The molecule has 17 nitrogen and oxygen atoms in total. The summed E-state index contributed by atoms with van der Waals surface area (Å²) in [7, 11) is 0. The van der Waals surface area contributed by atoms with Gasteiger partial charge in [0.2, 0.25) is 0 Å². The lowest BCUT2D eigenvalue weighted by molar-refractivity contribution is -0.138. The standard InChI is InChI=1S/C20H21F3N6O2.C17H16F3N5O2.C3H7NO/c1-10(12-3-14(20(21,22)23)6-15(24)4-12)25-18-17-5-13(7-29(17)27-11(2)26-18)19(31)28-8-16(30)9-28;1-8(10-3-12(17(18,19)20)6-13(21)4-10)22-15-14-5-11(16(26)27)7-25(14)24-9(2)23-15;5-3-1-4-2-3/h3-7,10,16,30H,8-9,24H2,1-2H3,(H,25,26,27);3-8H,21H2,1-2H3,(H,26,27)(H,22,23,24);3-5H,1-2H2/t10-;8-;/m11./s1. The van der Waals surface area contributed by atoms with Gasteiger partial charge in [0.25, 0.3) is 5.91 Å². The van der Waals surface area contributed by atoms with Crippen LogP contribution < -0.4 is 27.4 Å². The number of carbonyl (C=O) groups excluding carboxylic acids is 1. The van der Waals surface area contributed by atoms with Crippen LogP contribution in [0.5, 0.6) is 0 Å². The summed E-state index contributed by atoms with van der Waals surface area (Å²) in [6, 6.07) is 8.61. The Morgan fingerprint density at radius 1 is 0.714 bits per heavy atom. The van der Waals surface area contributed by atoms with Crippen LogP contribution in [-0.4, -0.2) is 99.7 Å². The lowest BCUT2D eigenvalue weighted by Gasteiger charge is -2.35. The van der Waals surface area contributed by atoms with Crippen molar-refractivity contribution in [2.75, 3.05) is 48.3 Å². The molecule has 1 amide bonds. The number of benzene rings is 2. The number of anilines is 4. The van der Waals surface area contributed by atoms with Crippen LogP contribution in [0.3, 0.4) is 0 Å². The van der Waals surface area contributed by atoms with Gasteiger partial charge in [-0.15, -0.1) is 0 Å². The van der Waals surface area contributed by atoms with Crippen molar-refractivity contribution >= 4 is 45.9 Å². The molecule has 6 heterocycles. The van der Waals surface area contributed by atoms with Gasteiger partial charge in [0.05, 0.1) is 46.5 Å². The number of aliphatic hydroxyl groups excluding tert-OH is 2. The molecular formula is C40H44F6N12O5. The Morgan fingerprint density at radius 2 is 1.13 bits per heavy atom. The van der Waals surface area contributed by atoms with Gasteiger partial charge in [0.1, 0.15) is 22.7 Å². The van der Waals surface area contributed by atoms with Crippen molar-refractivity contribution in [3.8, 4) is 0 Å². The van der Waals surface area contributed by atoms with Gasteiger partial charge >= 0.3 is 18.3 Å². The molecule has 2 saturated heterocycles. The third-order valence-corrected chi connectivity index (χ3v) is 9.86. The Labute approximate surface area is 354 Å². The second-order valence-corrected chi connectivity index (χ2v) is 15.1. The van der Waals surface area contributed by atoms with Gasteiger partial charge in [-0.05, 0) is 87.4 Å². The lowest BCUT2D eigenvalue weighted by Crippen LogP contribution is -2.53. The number of carbonyl (C=O) groups is 2. The van der Waals surface area contributed by atoms with Crippen LogP contribution in [0, 0.1) is 13.8 Å². The zero-order chi connectivity index (χ0) is 46.1. The van der Waals surface area contributed by atoms with Gasteiger partial charge in [-0.25, -0.2) is 23.8 Å². The lowest BCUT2D eigenvalue weighted by atomic mass is 10.0. The number of hydrogen-bond donors (Lipinski definition) is 8. The molecular weight excluding hydrogens is 843 g/mol. The number of likely N-dealkylation sites (tertiary alicyclic amines) is 1. The Kier molecular flexibility index (Phi) is 13.0. The summed E-state index contributed by atoms with van der Waals surface area (Å²) in [6.07, 6.45) is -6.68. The van der Waals surface area contributed by atoms with Gasteiger partial charge in [0.15, 0.2) is 11.6 Å². The van der Waals surface area contributed by atoms with E-state index < -0.39 is 47.6 Å². The predicted octanol–water partition coefficient (Wildman–Crippen LogP) is 5.09. The number of alkyl halides is 6. The molecule has 2 aromatic carbocycles. The van der Waals surface area contributed by atoms with Gasteiger partial charge in [-0.1, -0.05) is 0 Å². The number of aliphatic hydroxyl groups is 2. The number of carboxylic acid groups (broad SMARTS) is 1. The Hall–Kier alpha value is -6.72. The van der Waals surface area contributed by atoms with Crippen LogP contribution in [0.1, 0.15) is 80.5 Å². The Balaban J connectivity index is 0.000000190. The highest BCUT2D eigenvalue weighted by atomic mass is 19.4. The van der Waals surface area contributed by atoms with Crippen LogP contribution in [0.4, 0.5) is 49.4 Å². The molecule has 63 heavy (non-hydrogen) atoms. The highest BCUT2D eigenvalue weighted by Crippen LogP contribution is 2.35. The minimum atomic E-state index is -4.51. The van der Waals surface area contributed by atoms with Crippen molar-refractivity contribution in [1.29, 1.82) is 0 Å². The van der Waals surface area contributed by atoms with Crippen LogP contribution in [0.2, 0.25) is 0 Å². The van der Waals surface area contributed by atoms with E-state index in [1.54, 1.807) is 40.0 Å². The highest BCUT2D eigenvalue weighted by Gasteiger charge is 2.33. The fourth-order valence-electron chi connectivity index (χ4n) is 6.50. The largest absolute Gasteiger partial charge is 0.478 e. The topological polar surface area (TPSA) is 247 Å². The number of aryl methyl sites for hydroxylation is 2. The molecule has 2 aliphatic heterocycles. The summed E-state index contributed by atoms with van der Waals surface area (Å²) >= 11 is 0. The molecule has 6 aromatic rings. The number of rotatable bonds is 8. The van der Waals surface area contributed by atoms with E-state index in [4.69, 9.17) is 21.7 Å². The number of aromatic carboxylic acids is 1. The van der Waals surface area contributed by atoms with E-state index in [9.17, 15) is 41.0 Å². The second kappa shape index (κ2) is 17.9. The van der Waals surface area contributed by atoms with E-state index in [2.05, 4.69) is 36.1 Å². The number of β-amino-alcohol motifs (C(OH)–C–C–N with tert-alkyl or cyclic N) is 2. The molecule has 2 aliphatic rings. The first-order chi connectivity index (χ1) is 29.4. The number of aromatic nitrogens is 6. The zero-order valence-electron chi connectivity index (χ0n) is 34.1. The van der Waals surface area contributed by atoms with Crippen molar-refractivity contribution in [2.45, 2.75) is 64.3 Å². The number of fused-ring (bicyclic) bond motifs is 2. The van der Waals surface area contributed by atoms with Crippen molar-refractivity contribution < 1.29 is 51.3 Å². The number of nitrogens with two attached hydrogens (primary N) is 2. The van der Waals surface area contributed by atoms with Gasteiger partial charge in [-0.2, -0.15) is 36.5 Å². The number of carboxylic acids is 1. The SMILES string of the molecule is Cc1nc(N[C@H](C)c2cc(N)cc(C(F)(F)F)c2)c2cc(C(=O)N3CC(O)C3)cn2n1.Cc1nc(N[C@H](C)c2cc(N)cc(C(F)(F)F)c2)c2cc(C(=O)O)cn2n1.OC1CNC1. The van der Waals surface area contributed by atoms with Crippen molar-refractivity contribution in [3.63, 3.8) is 0 Å². The van der Waals surface area contributed by atoms with E-state index in [0.717, 1.165) is 37.4 Å². The molecule has 0 unspecified atom stereocenters. The summed E-state index contributed by atoms with van der Waals surface area (Å²) in [5.41, 5.74) is 11.6. The second-order valence-electron chi connectivity index (χ2n) is 15.1. The molecule has 2 fully saturated rings. The number of nitrogens with one attached hydrogen (secondary N) is 3. The smallest absolute Gasteiger partial charge is 0.416 e. The van der Waals surface area contributed by atoms with Crippen molar-refractivity contribution in [1.82, 2.24) is 39.4 Å². The average molecular weight is 887 g/mol. The number of halogens is 6. The monoisotopic (exact) mass is 886 g/mol. The van der Waals surface area contributed by atoms with Crippen molar-refractivity contribution in [3.05, 3.63) is 106 Å². The summed E-state index contributed by atoms with van der Waals surface area (Å²) < 4.78 is 81.4. The van der Waals surface area contributed by atoms with Gasteiger partial charge in [0, 0.05) is 49.9 Å². The molecule has 10 N–H and O–H groups in total. The summed E-state index contributed by atoms with van der Waals surface area (Å²) in [6.45, 7) is 8.77. The molecule has 0 aliphatic carbocycles. The van der Waals surface area contributed by atoms with Gasteiger partial charge in [-0.3, -0.25) is 4.79 Å². The average Bonchev–Trinajstić information content (AvgIpc) is 3.80. The summed E-state index contributed by atoms with van der Waals surface area (Å²) in [5, 5.41) is 44.4. The highest BCUT2D eigenvalue weighted by molar-refractivity contribution is 5.97. The molecule has 4 aromatic heterocycles. The maximum Gasteiger partial charge on any atom is 0.416 e. The third kappa shape index (κ3) is 11.0. The van der Waals surface area contributed by atoms with Crippen LogP contribution in [0.15, 0.2) is 60.9 Å². The Morgan fingerprint density at radius 3 is 1.49 bits per heavy atom. The zero-order valence-corrected chi connectivity index (χ0v) is 34.1. The molecule has 0 bridgehead atoms. The molecule has 336 valence electrons. The van der Waals surface area contributed by atoms with Crippen molar-refractivity contribution in [2.24, 2.45) is 0 Å². The number of nitrogens with zero attached hydrogens (tertiary/aromatic N) is 7. The molecule has 23 heteroatoms. The normalized spacial score (nSPS) is 15.3. The maximum absolute atomic E-state index is 13.1. The van der Waals surface area contributed by atoms with E-state index in [-0.39, 0.29) is 42.0 Å². The number of amides is 1. The van der Waals surface area contributed by atoms with Crippen LogP contribution >= 0.6 is 0 Å². The van der Waals surface area contributed by atoms with E-state index in [1.165, 1.54) is 38.3 Å². The fourth-order valence-corrected chi connectivity index (χ4v) is 6.50. The molecule has 2 atom stereocenters. The summed E-state index contributed by atoms with van der Waals surface area (Å²) in [4.78, 5) is 33.9. The quantitative estimate of drug-likeness (QED) is 0.0734. The Bertz CT molecular complexity index is 2640.